The number of hydrogen-bond acceptors (Lipinski definition) is 12. The van der Waals surface area contributed by atoms with Crippen molar-refractivity contribution >= 4 is 19.8 Å². The lowest BCUT2D eigenvalue weighted by Crippen LogP contribution is -2.64. The van der Waals surface area contributed by atoms with Crippen molar-refractivity contribution in [3.05, 3.63) is 36.5 Å². The van der Waals surface area contributed by atoms with Gasteiger partial charge in [-0.15, -0.1) is 0 Å². The van der Waals surface area contributed by atoms with E-state index in [0.717, 1.165) is 70.6 Å². The van der Waals surface area contributed by atoms with Crippen LogP contribution in [0.4, 0.5) is 0 Å². The van der Waals surface area contributed by atoms with Crippen molar-refractivity contribution in [1.29, 1.82) is 0 Å². The highest BCUT2D eigenvalue weighted by molar-refractivity contribution is 7.47. The quantitative estimate of drug-likeness (QED) is 0.0150. The molecule has 0 radical (unpaired) electrons. The molecular formula is C45H81O13P. The number of allylic oxidation sites excluding steroid dienone is 6. The average Bonchev–Trinajstić information content (AvgIpc) is 3.21. The molecule has 0 aromatic heterocycles. The van der Waals surface area contributed by atoms with Crippen LogP contribution in [0.25, 0.3) is 0 Å². The molecule has 0 heterocycles. The Labute approximate surface area is 355 Å². The Hall–Kier alpha value is -1.93. The number of carbonyl (C=O) groups is 2. The third-order valence-electron chi connectivity index (χ3n) is 10.5. The maximum Gasteiger partial charge on any atom is 0.472 e. The number of carbonyl (C=O) groups excluding carboxylic acids is 2. The van der Waals surface area contributed by atoms with E-state index in [9.17, 15) is 44.6 Å². The minimum absolute atomic E-state index is 0.0785. The molecule has 344 valence electrons. The van der Waals surface area contributed by atoms with Crippen LogP contribution in [0.1, 0.15) is 181 Å². The van der Waals surface area contributed by atoms with Crippen LogP contribution in [0.15, 0.2) is 36.5 Å². The summed E-state index contributed by atoms with van der Waals surface area (Å²) in [7, 11) is -5.12. The van der Waals surface area contributed by atoms with Gasteiger partial charge in [-0.05, 0) is 44.9 Å². The molecule has 0 spiro atoms. The van der Waals surface area contributed by atoms with Crippen LogP contribution >= 0.6 is 7.82 Å². The maximum atomic E-state index is 12.8. The van der Waals surface area contributed by atoms with Gasteiger partial charge in [-0.2, -0.15) is 0 Å². The smallest absolute Gasteiger partial charge is 0.462 e. The minimum Gasteiger partial charge on any atom is -0.462 e. The van der Waals surface area contributed by atoms with E-state index in [2.05, 4.69) is 50.3 Å². The second-order valence-corrected chi connectivity index (χ2v) is 17.3. The number of rotatable bonds is 37. The van der Waals surface area contributed by atoms with Crippen LogP contribution in [0.2, 0.25) is 0 Å². The van der Waals surface area contributed by atoms with Crippen LogP contribution in [0, 0.1) is 0 Å². The molecule has 0 aromatic carbocycles. The van der Waals surface area contributed by atoms with Gasteiger partial charge in [-0.1, -0.05) is 159 Å². The number of esters is 2. The molecule has 0 aliphatic heterocycles. The second-order valence-electron chi connectivity index (χ2n) is 15.9. The van der Waals surface area contributed by atoms with Gasteiger partial charge in [-0.3, -0.25) is 18.6 Å². The van der Waals surface area contributed by atoms with Crippen molar-refractivity contribution in [2.45, 2.75) is 224 Å². The fourth-order valence-electron chi connectivity index (χ4n) is 6.83. The third-order valence-corrected chi connectivity index (χ3v) is 11.5. The predicted octanol–water partition coefficient (Wildman–Crippen LogP) is 8.61. The summed E-state index contributed by atoms with van der Waals surface area (Å²) in [6.45, 7) is 3.17. The summed E-state index contributed by atoms with van der Waals surface area (Å²) in [4.78, 5) is 35.7. The van der Waals surface area contributed by atoms with Crippen LogP contribution in [-0.4, -0.2) is 98.3 Å². The highest BCUT2D eigenvalue weighted by atomic mass is 31.2. The number of phosphoric ester groups is 1. The molecule has 6 atom stereocenters. The number of phosphoric acid groups is 1. The van der Waals surface area contributed by atoms with Crippen LogP contribution < -0.4 is 0 Å². The van der Waals surface area contributed by atoms with Gasteiger partial charge in [0.15, 0.2) is 6.10 Å². The Balaban J connectivity index is 2.47. The monoisotopic (exact) mass is 861 g/mol. The molecule has 0 amide bonds. The Morgan fingerprint density at radius 1 is 0.542 bits per heavy atom. The summed E-state index contributed by atoms with van der Waals surface area (Å²) in [5, 5.41) is 50.1. The lowest BCUT2D eigenvalue weighted by Gasteiger charge is -2.41. The first-order chi connectivity index (χ1) is 28.4. The fourth-order valence-corrected chi connectivity index (χ4v) is 7.80. The van der Waals surface area contributed by atoms with Gasteiger partial charge in [0.1, 0.15) is 43.2 Å². The number of aliphatic hydroxyl groups is 5. The van der Waals surface area contributed by atoms with Crippen molar-refractivity contribution < 1.29 is 63.1 Å². The van der Waals surface area contributed by atoms with Gasteiger partial charge >= 0.3 is 19.8 Å². The van der Waals surface area contributed by atoms with E-state index in [-0.39, 0.29) is 12.8 Å². The Morgan fingerprint density at radius 3 is 1.47 bits per heavy atom. The molecule has 0 bridgehead atoms. The molecule has 1 aliphatic rings. The highest BCUT2D eigenvalue weighted by Crippen LogP contribution is 2.47. The van der Waals surface area contributed by atoms with Crippen LogP contribution in [-0.2, 0) is 32.7 Å². The maximum absolute atomic E-state index is 12.8. The summed E-state index contributed by atoms with van der Waals surface area (Å²) in [6, 6.07) is 0. The minimum atomic E-state index is -5.12. The van der Waals surface area contributed by atoms with Gasteiger partial charge < -0.3 is 39.9 Å². The van der Waals surface area contributed by atoms with E-state index in [1.54, 1.807) is 0 Å². The van der Waals surface area contributed by atoms with Crippen LogP contribution in [0.5, 0.6) is 0 Å². The summed E-state index contributed by atoms with van der Waals surface area (Å²) >= 11 is 0. The molecule has 59 heavy (non-hydrogen) atoms. The van der Waals surface area contributed by atoms with E-state index < -0.39 is 75.7 Å². The first-order valence-electron chi connectivity index (χ1n) is 22.8. The lowest BCUT2D eigenvalue weighted by molar-refractivity contribution is -0.220. The second kappa shape index (κ2) is 35.6. The van der Waals surface area contributed by atoms with Gasteiger partial charge in [0.25, 0.3) is 0 Å². The molecular weight excluding hydrogens is 779 g/mol. The van der Waals surface area contributed by atoms with Crippen molar-refractivity contribution in [3.8, 4) is 0 Å². The van der Waals surface area contributed by atoms with E-state index in [1.807, 2.05) is 0 Å². The first-order valence-corrected chi connectivity index (χ1v) is 24.3. The van der Waals surface area contributed by atoms with Gasteiger partial charge in [0, 0.05) is 12.8 Å². The molecule has 1 aliphatic carbocycles. The molecule has 6 unspecified atom stereocenters. The molecule has 13 nitrogen and oxygen atoms in total. The van der Waals surface area contributed by atoms with Gasteiger partial charge in [0.05, 0.1) is 6.61 Å². The number of hydrogen-bond donors (Lipinski definition) is 6. The molecule has 1 rings (SSSR count). The third kappa shape index (κ3) is 28.3. The van der Waals surface area contributed by atoms with Gasteiger partial charge in [0.2, 0.25) is 0 Å². The molecule has 1 saturated carbocycles. The Bertz CT molecular complexity index is 1180. The predicted molar refractivity (Wildman–Crippen MR) is 230 cm³/mol. The normalized spacial score (nSPS) is 22.6. The summed E-state index contributed by atoms with van der Waals surface area (Å²) in [6.07, 6.45) is 26.3. The zero-order valence-electron chi connectivity index (χ0n) is 36.3. The number of unbranched alkanes of at least 4 members (excludes halogenated alkanes) is 19. The van der Waals surface area contributed by atoms with E-state index in [0.29, 0.717) is 12.8 Å². The van der Waals surface area contributed by atoms with E-state index in [4.69, 9.17) is 18.5 Å². The van der Waals surface area contributed by atoms with E-state index >= 15 is 0 Å². The molecule has 0 aromatic rings. The van der Waals surface area contributed by atoms with Crippen molar-refractivity contribution in [3.63, 3.8) is 0 Å². The Morgan fingerprint density at radius 2 is 0.966 bits per heavy atom. The zero-order chi connectivity index (χ0) is 43.6. The lowest BCUT2D eigenvalue weighted by atomic mass is 9.85. The standard InChI is InChI=1S/C45H81O13P/c1-3-5-7-9-11-13-15-17-19-21-23-25-27-29-31-33-38(46)55-35-37(36-56-59(53,54)58-45-43(51)41(49)40(48)42(50)44(45)52)57-39(47)34-32-30-28-26-24-22-20-18-16-14-12-10-8-6-4-2/h6,8,12,14,18,20,37,40-45,48-52H,3-5,7,9-11,13,15-17,19,21-36H2,1-2H3,(H,53,54)/b8-6-,14-12-,20-18-. The topological polar surface area (TPSA) is 210 Å². The summed E-state index contributed by atoms with van der Waals surface area (Å²) in [5.74, 6) is -1.12. The Kier molecular flexibility index (Phi) is 33.3. The van der Waals surface area contributed by atoms with E-state index in [1.165, 1.54) is 70.6 Å². The van der Waals surface area contributed by atoms with Gasteiger partial charge in [-0.25, -0.2) is 4.57 Å². The zero-order valence-corrected chi connectivity index (χ0v) is 37.2. The average molecular weight is 861 g/mol. The van der Waals surface area contributed by atoms with Crippen LogP contribution in [0.3, 0.4) is 0 Å². The molecule has 14 heteroatoms. The molecule has 1 fully saturated rings. The summed E-state index contributed by atoms with van der Waals surface area (Å²) < 4.78 is 33.5. The summed E-state index contributed by atoms with van der Waals surface area (Å²) in [5.41, 5.74) is 0. The largest absolute Gasteiger partial charge is 0.472 e. The fraction of sp³-hybridized carbons (Fsp3) is 0.822. The molecule has 0 saturated heterocycles. The number of ether oxygens (including phenoxy) is 2. The van der Waals surface area contributed by atoms with Crippen molar-refractivity contribution in [2.75, 3.05) is 13.2 Å². The highest BCUT2D eigenvalue weighted by Gasteiger charge is 2.51. The SMILES string of the molecule is CC/C=C\C/C=C\C/C=C\CCCCCCCC(=O)OC(COC(=O)CCCCCCCCCCCCCCCCC)COP(=O)(O)OC1C(O)C(O)C(O)C(O)C1O. The first kappa shape index (κ1) is 55.1. The van der Waals surface area contributed by atoms with Crippen molar-refractivity contribution in [1.82, 2.24) is 0 Å². The van der Waals surface area contributed by atoms with Crippen molar-refractivity contribution in [2.24, 2.45) is 0 Å². The molecule has 6 N–H and O–H groups in total. The number of aliphatic hydroxyl groups excluding tert-OH is 5.